The standard InChI is InChI=1S/C25H31N5O5S/c1-5-17-15-26-25(29-19-12-21(33-2)23(35-4)22(13-19)34-3)30-24(17)28-18-8-6-16(7-9-18)14-27-36(31,32)20-10-11-20/h6-9,12-13,15,20,27H,5,10-11,14H2,1-4H3,(H2,26,28,29,30). The Hall–Kier alpha value is -3.57. The molecule has 1 saturated carbocycles. The predicted octanol–water partition coefficient (Wildman–Crippen LogP) is 4.13. The molecule has 0 saturated heterocycles. The van der Waals surface area contributed by atoms with Crippen molar-refractivity contribution in [2.75, 3.05) is 32.0 Å². The first-order valence-electron chi connectivity index (χ1n) is 11.6. The second-order valence-electron chi connectivity index (χ2n) is 8.35. The third-order valence-corrected chi connectivity index (χ3v) is 7.72. The number of anilines is 4. The second kappa shape index (κ2) is 11.0. The van der Waals surface area contributed by atoms with E-state index in [9.17, 15) is 8.42 Å². The molecule has 0 aliphatic heterocycles. The third kappa shape index (κ3) is 5.97. The number of aromatic nitrogens is 2. The summed E-state index contributed by atoms with van der Waals surface area (Å²) in [7, 11) is 1.46. The van der Waals surface area contributed by atoms with E-state index in [1.54, 1.807) is 39.7 Å². The van der Waals surface area contributed by atoms with Gasteiger partial charge in [-0.1, -0.05) is 19.1 Å². The lowest BCUT2D eigenvalue weighted by molar-refractivity contribution is 0.324. The van der Waals surface area contributed by atoms with Crippen LogP contribution in [0.4, 0.5) is 23.1 Å². The average Bonchev–Trinajstić information content (AvgIpc) is 3.74. The summed E-state index contributed by atoms with van der Waals surface area (Å²) in [5.74, 6) is 2.60. The largest absolute Gasteiger partial charge is 0.493 e. The molecular weight excluding hydrogens is 482 g/mol. The Morgan fingerprint density at radius 2 is 1.61 bits per heavy atom. The molecule has 0 radical (unpaired) electrons. The number of nitrogens with zero attached hydrogens (tertiary/aromatic N) is 2. The highest BCUT2D eigenvalue weighted by Crippen LogP contribution is 2.40. The molecular formula is C25H31N5O5S. The second-order valence-corrected chi connectivity index (χ2v) is 10.4. The van der Waals surface area contributed by atoms with Crippen molar-refractivity contribution in [3.05, 3.63) is 53.7 Å². The zero-order chi connectivity index (χ0) is 25.7. The Labute approximate surface area is 211 Å². The van der Waals surface area contributed by atoms with Gasteiger partial charge < -0.3 is 24.8 Å². The van der Waals surface area contributed by atoms with Crippen molar-refractivity contribution in [1.29, 1.82) is 0 Å². The number of rotatable bonds is 12. The van der Waals surface area contributed by atoms with E-state index in [1.807, 2.05) is 31.2 Å². The van der Waals surface area contributed by atoms with Gasteiger partial charge in [0.05, 0.1) is 26.6 Å². The van der Waals surface area contributed by atoms with Gasteiger partial charge in [0.2, 0.25) is 21.7 Å². The molecule has 0 bridgehead atoms. The van der Waals surface area contributed by atoms with Gasteiger partial charge in [-0.3, -0.25) is 0 Å². The van der Waals surface area contributed by atoms with Crippen molar-refractivity contribution in [2.45, 2.75) is 38.0 Å². The maximum absolute atomic E-state index is 12.0. The summed E-state index contributed by atoms with van der Waals surface area (Å²) in [6, 6.07) is 11.1. The van der Waals surface area contributed by atoms with Gasteiger partial charge in [-0.2, -0.15) is 4.98 Å². The quantitative estimate of drug-likeness (QED) is 0.328. The van der Waals surface area contributed by atoms with E-state index >= 15 is 0 Å². The molecule has 3 aromatic rings. The molecule has 0 atom stereocenters. The van der Waals surface area contributed by atoms with Crippen molar-refractivity contribution in [1.82, 2.24) is 14.7 Å². The van der Waals surface area contributed by atoms with Crippen LogP contribution in [-0.4, -0.2) is 45.0 Å². The van der Waals surface area contributed by atoms with E-state index in [0.717, 1.165) is 36.1 Å². The Balaban J connectivity index is 1.49. The summed E-state index contributed by atoms with van der Waals surface area (Å²) >= 11 is 0. The van der Waals surface area contributed by atoms with Crippen LogP contribution in [0.2, 0.25) is 0 Å². The number of nitrogens with one attached hydrogen (secondary N) is 3. The number of benzene rings is 2. The molecule has 3 N–H and O–H groups in total. The van der Waals surface area contributed by atoms with Gasteiger partial charge in [-0.05, 0) is 37.0 Å². The minimum Gasteiger partial charge on any atom is -0.493 e. The summed E-state index contributed by atoms with van der Waals surface area (Å²) < 4.78 is 43.0. The van der Waals surface area contributed by atoms with Crippen LogP contribution in [0.1, 0.15) is 30.9 Å². The SMILES string of the molecule is CCc1cnc(Nc2cc(OC)c(OC)c(OC)c2)nc1Nc1ccc(CNS(=O)(=O)C2CC2)cc1. The van der Waals surface area contributed by atoms with Crippen LogP contribution < -0.4 is 29.6 Å². The zero-order valence-electron chi connectivity index (χ0n) is 20.8. The molecule has 4 rings (SSSR count). The molecule has 1 aliphatic carbocycles. The first-order chi connectivity index (χ1) is 17.4. The molecule has 2 aromatic carbocycles. The van der Waals surface area contributed by atoms with Crippen LogP contribution in [0.25, 0.3) is 0 Å². The van der Waals surface area contributed by atoms with Gasteiger partial charge in [0, 0.05) is 41.8 Å². The first kappa shape index (κ1) is 25.5. The lowest BCUT2D eigenvalue weighted by atomic mass is 10.2. The highest BCUT2D eigenvalue weighted by atomic mass is 32.2. The lowest BCUT2D eigenvalue weighted by Crippen LogP contribution is -2.26. The fourth-order valence-electron chi connectivity index (χ4n) is 3.64. The molecule has 1 aliphatic rings. The average molecular weight is 514 g/mol. The smallest absolute Gasteiger partial charge is 0.229 e. The number of aryl methyl sites for hydroxylation is 1. The topological polar surface area (TPSA) is 124 Å². The molecule has 0 spiro atoms. The monoisotopic (exact) mass is 513 g/mol. The molecule has 1 aromatic heterocycles. The van der Waals surface area contributed by atoms with Crippen molar-refractivity contribution in [3.8, 4) is 17.2 Å². The Morgan fingerprint density at radius 3 is 2.17 bits per heavy atom. The van der Waals surface area contributed by atoms with Gasteiger partial charge in [-0.15, -0.1) is 0 Å². The third-order valence-electron chi connectivity index (χ3n) is 5.82. The van der Waals surface area contributed by atoms with Gasteiger partial charge in [0.25, 0.3) is 0 Å². The number of methoxy groups -OCH3 is 3. The van der Waals surface area contributed by atoms with E-state index in [2.05, 4.69) is 25.3 Å². The van der Waals surface area contributed by atoms with Gasteiger partial charge in [-0.25, -0.2) is 18.1 Å². The highest BCUT2D eigenvalue weighted by molar-refractivity contribution is 7.90. The first-order valence-corrected chi connectivity index (χ1v) is 13.2. The predicted molar refractivity (Wildman–Crippen MR) is 139 cm³/mol. The summed E-state index contributed by atoms with van der Waals surface area (Å²) in [5.41, 5.74) is 3.34. The van der Waals surface area contributed by atoms with Crippen LogP contribution in [0.5, 0.6) is 17.2 Å². The fraction of sp³-hybridized carbons (Fsp3) is 0.360. The van der Waals surface area contributed by atoms with Crippen LogP contribution in [-0.2, 0) is 23.0 Å². The Morgan fingerprint density at radius 1 is 0.944 bits per heavy atom. The Bertz CT molecular complexity index is 1290. The summed E-state index contributed by atoms with van der Waals surface area (Å²) in [6.45, 7) is 2.31. The maximum atomic E-state index is 12.0. The minimum atomic E-state index is -3.21. The summed E-state index contributed by atoms with van der Waals surface area (Å²) in [4.78, 5) is 9.11. The van der Waals surface area contributed by atoms with E-state index in [-0.39, 0.29) is 11.8 Å². The fourth-order valence-corrected chi connectivity index (χ4v) is 5.00. The molecule has 36 heavy (non-hydrogen) atoms. The maximum Gasteiger partial charge on any atom is 0.229 e. The molecule has 11 heteroatoms. The van der Waals surface area contributed by atoms with Gasteiger partial charge >= 0.3 is 0 Å². The van der Waals surface area contributed by atoms with Crippen molar-refractivity contribution in [2.24, 2.45) is 0 Å². The van der Waals surface area contributed by atoms with E-state index in [4.69, 9.17) is 14.2 Å². The summed E-state index contributed by atoms with van der Waals surface area (Å²) in [6.07, 6.45) is 4.01. The molecule has 192 valence electrons. The van der Waals surface area contributed by atoms with Crippen LogP contribution in [0.15, 0.2) is 42.6 Å². The lowest BCUT2D eigenvalue weighted by Gasteiger charge is -2.16. The minimum absolute atomic E-state index is 0.230. The molecule has 1 fully saturated rings. The van der Waals surface area contributed by atoms with Gasteiger partial charge in [0.15, 0.2) is 11.5 Å². The molecule has 10 nitrogen and oxygen atoms in total. The highest BCUT2D eigenvalue weighted by Gasteiger charge is 2.35. The van der Waals surface area contributed by atoms with Gasteiger partial charge in [0.1, 0.15) is 5.82 Å². The number of hydrogen-bond acceptors (Lipinski definition) is 9. The number of ether oxygens (including phenoxy) is 3. The van der Waals surface area contributed by atoms with Crippen molar-refractivity contribution < 1.29 is 22.6 Å². The van der Waals surface area contributed by atoms with Crippen molar-refractivity contribution >= 4 is 33.2 Å². The molecule has 0 unspecified atom stereocenters. The number of sulfonamides is 1. The normalized spacial score (nSPS) is 13.2. The zero-order valence-corrected chi connectivity index (χ0v) is 21.6. The van der Waals surface area contributed by atoms with Crippen LogP contribution in [0.3, 0.4) is 0 Å². The molecule has 0 amide bonds. The van der Waals surface area contributed by atoms with E-state index < -0.39 is 10.0 Å². The van der Waals surface area contributed by atoms with Crippen molar-refractivity contribution in [3.63, 3.8) is 0 Å². The van der Waals surface area contributed by atoms with E-state index in [0.29, 0.717) is 34.7 Å². The van der Waals surface area contributed by atoms with Crippen LogP contribution in [0, 0.1) is 0 Å². The van der Waals surface area contributed by atoms with Crippen LogP contribution >= 0.6 is 0 Å². The van der Waals surface area contributed by atoms with E-state index in [1.165, 1.54) is 0 Å². The summed E-state index contributed by atoms with van der Waals surface area (Å²) in [5, 5.41) is 6.30. The number of hydrogen-bond donors (Lipinski definition) is 3. The molecule has 1 heterocycles. The Kier molecular flexibility index (Phi) is 7.80.